The topological polar surface area (TPSA) is 52.7 Å². The van der Waals surface area contributed by atoms with E-state index in [1.165, 1.54) is 0 Å². The van der Waals surface area contributed by atoms with Crippen LogP contribution in [0.4, 0.5) is 0 Å². The summed E-state index contributed by atoms with van der Waals surface area (Å²) in [6, 6.07) is 0. The van der Waals surface area contributed by atoms with Crippen molar-refractivity contribution in [2.24, 2.45) is 5.41 Å². The third kappa shape index (κ3) is 3.35. The van der Waals surface area contributed by atoms with Crippen LogP contribution >= 0.6 is 0 Å². The zero-order valence-corrected chi connectivity index (χ0v) is 13.7. The SMILES string of the molecule is CCC1(CC)CCN(S(=O)(=O)N2CCCNCC2)CC1. The highest BCUT2D eigenvalue weighted by Gasteiger charge is 2.37. The molecule has 0 amide bonds. The lowest BCUT2D eigenvalue weighted by Gasteiger charge is -2.41. The van der Waals surface area contributed by atoms with E-state index in [1.807, 2.05) is 0 Å². The van der Waals surface area contributed by atoms with Crippen molar-refractivity contribution in [2.45, 2.75) is 46.0 Å². The Morgan fingerprint density at radius 3 is 2.15 bits per heavy atom. The number of rotatable bonds is 4. The average Bonchev–Trinajstić information content (AvgIpc) is 2.77. The molecular weight excluding hydrogens is 274 g/mol. The summed E-state index contributed by atoms with van der Waals surface area (Å²) >= 11 is 0. The molecule has 0 unspecified atom stereocenters. The third-order valence-electron chi connectivity index (χ3n) is 5.23. The predicted octanol–water partition coefficient (Wildman–Crippen LogP) is 1.43. The third-order valence-corrected chi connectivity index (χ3v) is 7.27. The molecule has 0 atom stereocenters. The van der Waals surface area contributed by atoms with Crippen molar-refractivity contribution in [3.8, 4) is 0 Å². The molecule has 0 radical (unpaired) electrons. The number of hydrogen-bond donors (Lipinski definition) is 1. The van der Waals surface area contributed by atoms with Crippen molar-refractivity contribution in [3.05, 3.63) is 0 Å². The van der Waals surface area contributed by atoms with Gasteiger partial charge in [-0.15, -0.1) is 0 Å². The molecule has 0 aromatic carbocycles. The molecule has 0 aromatic heterocycles. The zero-order valence-electron chi connectivity index (χ0n) is 12.9. The standard InChI is InChI=1S/C14H29N3O2S/c1-3-14(4-2)6-11-17(12-7-14)20(18,19)16-10-5-8-15-9-13-16/h15H,3-13H2,1-2H3. The van der Waals surface area contributed by atoms with Gasteiger partial charge in [0.2, 0.25) is 0 Å². The monoisotopic (exact) mass is 303 g/mol. The van der Waals surface area contributed by atoms with E-state index in [4.69, 9.17) is 0 Å². The van der Waals surface area contributed by atoms with Gasteiger partial charge in [-0.05, 0) is 31.2 Å². The highest BCUT2D eigenvalue weighted by Crippen LogP contribution is 2.38. The fourth-order valence-corrected chi connectivity index (χ4v) is 5.02. The maximum absolute atomic E-state index is 12.7. The molecule has 2 aliphatic rings. The van der Waals surface area contributed by atoms with E-state index in [0.29, 0.717) is 31.6 Å². The van der Waals surface area contributed by atoms with Crippen molar-refractivity contribution in [2.75, 3.05) is 39.3 Å². The Labute approximate surface area is 123 Å². The summed E-state index contributed by atoms with van der Waals surface area (Å²) in [5, 5.41) is 3.26. The van der Waals surface area contributed by atoms with Crippen LogP contribution in [0.1, 0.15) is 46.0 Å². The molecule has 2 heterocycles. The molecule has 5 nitrogen and oxygen atoms in total. The van der Waals surface area contributed by atoms with Crippen LogP contribution in [0.5, 0.6) is 0 Å². The lowest BCUT2D eigenvalue weighted by molar-refractivity contribution is 0.137. The number of piperidine rings is 1. The Balaban J connectivity index is 2.01. The summed E-state index contributed by atoms with van der Waals surface area (Å²) in [7, 11) is -3.25. The molecule has 2 rings (SSSR count). The van der Waals surface area contributed by atoms with Crippen LogP contribution in [0.2, 0.25) is 0 Å². The van der Waals surface area contributed by atoms with Gasteiger partial charge in [0.15, 0.2) is 0 Å². The second-order valence-corrected chi connectivity index (χ2v) is 8.04. The quantitative estimate of drug-likeness (QED) is 0.855. The highest BCUT2D eigenvalue weighted by molar-refractivity contribution is 7.86. The molecule has 0 aliphatic carbocycles. The first kappa shape index (κ1) is 16.2. The van der Waals surface area contributed by atoms with Crippen LogP contribution < -0.4 is 5.32 Å². The fraction of sp³-hybridized carbons (Fsp3) is 1.00. The van der Waals surface area contributed by atoms with Crippen LogP contribution in [-0.2, 0) is 10.2 Å². The molecule has 118 valence electrons. The lowest BCUT2D eigenvalue weighted by atomic mass is 9.75. The maximum atomic E-state index is 12.7. The van der Waals surface area contributed by atoms with Crippen LogP contribution in [0.3, 0.4) is 0 Å². The van der Waals surface area contributed by atoms with Gasteiger partial charge in [0.1, 0.15) is 0 Å². The summed E-state index contributed by atoms with van der Waals surface area (Å²) in [6.07, 6.45) is 5.23. The Bertz CT molecular complexity index is 389. The second-order valence-electron chi connectivity index (χ2n) is 6.12. The van der Waals surface area contributed by atoms with E-state index < -0.39 is 10.2 Å². The smallest absolute Gasteiger partial charge is 0.282 e. The second kappa shape index (κ2) is 6.73. The van der Waals surface area contributed by atoms with E-state index in [9.17, 15) is 8.42 Å². The van der Waals surface area contributed by atoms with Crippen molar-refractivity contribution >= 4 is 10.2 Å². The molecule has 2 aliphatic heterocycles. The Kier molecular flexibility index (Phi) is 5.45. The molecule has 2 fully saturated rings. The molecule has 0 aromatic rings. The van der Waals surface area contributed by atoms with Gasteiger partial charge in [0.05, 0.1) is 0 Å². The van der Waals surface area contributed by atoms with Crippen molar-refractivity contribution < 1.29 is 8.42 Å². The Morgan fingerprint density at radius 2 is 1.55 bits per heavy atom. The molecular formula is C14H29N3O2S. The highest BCUT2D eigenvalue weighted by atomic mass is 32.2. The lowest BCUT2D eigenvalue weighted by Crippen LogP contribution is -2.49. The minimum Gasteiger partial charge on any atom is -0.315 e. The first-order valence-electron chi connectivity index (χ1n) is 8.00. The van der Waals surface area contributed by atoms with Crippen molar-refractivity contribution in [3.63, 3.8) is 0 Å². The van der Waals surface area contributed by atoms with Crippen molar-refractivity contribution in [1.82, 2.24) is 13.9 Å². The van der Waals surface area contributed by atoms with Crippen LogP contribution in [0, 0.1) is 5.41 Å². The van der Waals surface area contributed by atoms with E-state index in [1.54, 1.807) is 8.61 Å². The van der Waals surface area contributed by atoms with Gasteiger partial charge < -0.3 is 5.32 Å². The zero-order chi connectivity index (χ0) is 14.6. The number of nitrogens with one attached hydrogen (secondary N) is 1. The van der Waals surface area contributed by atoms with Gasteiger partial charge in [-0.1, -0.05) is 26.7 Å². The number of hydrogen-bond acceptors (Lipinski definition) is 3. The Hall–Kier alpha value is -0.170. The molecule has 0 bridgehead atoms. The summed E-state index contributed by atoms with van der Waals surface area (Å²) < 4.78 is 28.8. The van der Waals surface area contributed by atoms with Gasteiger partial charge in [-0.2, -0.15) is 17.0 Å². The molecule has 1 N–H and O–H groups in total. The van der Waals surface area contributed by atoms with Crippen LogP contribution in [0.15, 0.2) is 0 Å². The van der Waals surface area contributed by atoms with Gasteiger partial charge >= 0.3 is 0 Å². The van der Waals surface area contributed by atoms with Gasteiger partial charge in [-0.25, -0.2) is 0 Å². The van der Waals surface area contributed by atoms with Gasteiger partial charge in [-0.3, -0.25) is 0 Å². The minimum absolute atomic E-state index is 0.367. The summed E-state index contributed by atoms with van der Waals surface area (Å²) in [6.45, 7) is 8.77. The summed E-state index contributed by atoms with van der Waals surface area (Å²) in [4.78, 5) is 0. The van der Waals surface area contributed by atoms with Gasteiger partial charge in [0, 0.05) is 32.7 Å². The van der Waals surface area contributed by atoms with Crippen LogP contribution in [0.25, 0.3) is 0 Å². The molecule has 0 saturated carbocycles. The normalized spacial score (nSPS) is 26.3. The Morgan fingerprint density at radius 1 is 0.950 bits per heavy atom. The average molecular weight is 303 g/mol. The molecule has 6 heteroatoms. The maximum Gasteiger partial charge on any atom is 0.282 e. The largest absolute Gasteiger partial charge is 0.315 e. The van der Waals surface area contributed by atoms with Crippen LogP contribution in [-0.4, -0.2) is 56.3 Å². The first-order chi connectivity index (χ1) is 9.54. The fourth-order valence-electron chi connectivity index (χ4n) is 3.36. The van der Waals surface area contributed by atoms with E-state index in [0.717, 1.165) is 45.2 Å². The minimum atomic E-state index is -3.25. The molecule has 0 spiro atoms. The van der Waals surface area contributed by atoms with E-state index in [2.05, 4.69) is 19.2 Å². The van der Waals surface area contributed by atoms with E-state index in [-0.39, 0.29) is 0 Å². The molecule has 20 heavy (non-hydrogen) atoms. The van der Waals surface area contributed by atoms with Gasteiger partial charge in [0.25, 0.3) is 10.2 Å². The summed E-state index contributed by atoms with van der Waals surface area (Å²) in [5.74, 6) is 0. The van der Waals surface area contributed by atoms with E-state index >= 15 is 0 Å². The summed E-state index contributed by atoms with van der Waals surface area (Å²) in [5.41, 5.74) is 0.367. The first-order valence-corrected chi connectivity index (χ1v) is 9.40. The molecule has 2 saturated heterocycles. The number of nitrogens with zero attached hydrogens (tertiary/aromatic N) is 2. The van der Waals surface area contributed by atoms with Crippen molar-refractivity contribution in [1.29, 1.82) is 0 Å². The predicted molar refractivity (Wildman–Crippen MR) is 81.8 cm³/mol.